The Morgan fingerprint density at radius 2 is 2.13 bits per heavy atom. The van der Waals surface area contributed by atoms with E-state index in [0.29, 0.717) is 0 Å². The third kappa shape index (κ3) is 1.81. The molecule has 3 nitrogen and oxygen atoms in total. The molecule has 0 radical (unpaired) electrons. The van der Waals surface area contributed by atoms with E-state index < -0.39 is 0 Å². The lowest BCUT2D eigenvalue weighted by atomic mass is 10.3. The van der Waals surface area contributed by atoms with Crippen LogP contribution in [-0.2, 0) is 0 Å². The Labute approximate surface area is 89.1 Å². The summed E-state index contributed by atoms with van der Waals surface area (Å²) in [6, 6.07) is 3.97. The van der Waals surface area contributed by atoms with Crippen LogP contribution in [0.15, 0.2) is 31.1 Å². The minimum atomic E-state index is 0.913. The summed E-state index contributed by atoms with van der Waals surface area (Å²) in [6.07, 6.45) is 5.55. The number of hydrogen-bond acceptors (Lipinski definition) is 2. The number of rotatable bonds is 2. The SMILES string of the molecule is C=Cc1nn(-c2ccc(C)nc2)cc1C. The van der Waals surface area contributed by atoms with Crippen molar-refractivity contribution in [3.8, 4) is 5.69 Å². The maximum Gasteiger partial charge on any atom is 0.0878 e. The number of hydrogen-bond donors (Lipinski definition) is 0. The molecule has 2 rings (SSSR count). The van der Waals surface area contributed by atoms with Gasteiger partial charge in [-0.15, -0.1) is 0 Å². The summed E-state index contributed by atoms with van der Waals surface area (Å²) in [5.41, 5.74) is 4.00. The molecular weight excluding hydrogens is 186 g/mol. The van der Waals surface area contributed by atoms with Crippen LogP contribution in [-0.4, -0.2) is 14.8 Å². The molecule has 0 fully saturated rings. The van der Waals surface area contributed by atoms with Crippen molar-refractivity contribution in [3.63, 3.8) is 0 Å². The summed E-state index contributed by atoms with van der Waals surface area (Å²) in [5.74, 6) is 0. The van der Waals surface area contributed by atoms with Crippen LogP contribution in [0.2, 0.25) is 0 Å². The fourth-order valence-corrected chi connectivity index (χ4v) is 1.40. The Balaban J connectivity index is 2.45. The molecule has 3 heteroatoms. The molecule has 2 heterocycles. The van der Waals surface area contributed by atoms with E-state index in [1.165, 1.54) is 0 Å². The second-order valence-corrected chi connectivity index (χ2v) is 3.50. The second-order valence-electron chi connectivity index (χ2n) is 3.50. The van der Waals surface area contributed by atoms with Crippen molar-refractivity contribution >= 4 is 6.08 Å². The standard InChI is InChI=1S/C12H13N3/c1-4-12-9(2)8-15(14-12)11-6-5-10(3)13-7-11/h4-8H,1H2,2-3H3. The number of aryl methyl sites for hydroxylation is 2. The van der Waals surface area contributed by atoms with Gasteiger partial charge < -0.3 is 0 Å². The van der Waals surface area contributed by atoms with Gasteiger partial charge in [-0.1, -0.05) is 6.58 Å². The molecule has 0 bridgehead atoms. The van der Waals surface area contributed by atoms with Crippen molar-refractivity contribution in [1.29, 1.82) is 0 Å². The van der Waals surface area contributed by atoms with Gasteiger partial charge in [-0.25, -0.2) is 4.68 Å². The third-order valence-electron chi connectivity index (χ3n) is 2.29. The van der Waals surface area contributed by atoms with E-state index in [0.717, 1.165) is 22.6 Å². The van der Waals surface area contributed by atoms with E-state index in [-0.39, 0.29) is 0 Å². The Hall–Kier alpha value is -1.90. The van der Waals surface area contributed by atoms with Crippen molar-refractivity contribution in [1.82, 2.24) is 14.8 Å². The highest BCUT2D eigenvalue weighted by Gasteiger charge is 2.03. The molecule has 0 amide bonds. The predicted octanol–water partition coefficient (Wildman–Crippen LogP) is 2.53. The molecule has 0 saturated carbocycles. The summed E-state index contributed by atoms with van der Waals surface area (Å²) >= 11 is 0. The van der Waals surface area contributed by atoms with E-state index in [1.807, 2.05) is 43.1 Å². The first-order valence-electron chi connectivity index (χ1n) is 4.82. The monoisotopic (exact) mass is 199 g/mol. The number of nitrogens with zero attached hydrogens (tertiary/aromatic N) is 3. The van der Waals surface area contributed by atoms with Crippen LogP contribution in [0, 0.1) is 13.8 Å². The minimum absolute atomic E-state index is 0.913. The first-order valence-corrected chi connectivity index (χ1v) is 4.82. The second kappa shape index (κ2) is 3.69. The predicted molar refractivity (Wildman–Crippen MR) is 60.9 cm³/mol. The molecule has 2 aromatic heterocycles. The van der Waals surface area contributed by atoms with Crippen molar-refractivity contribution < 1.29 is 0 Å². The van der Waals surface area contributed by atoms with Crippen LogP contribution in [0.4, 0.5) is 0 Å². The van der Waals surface area contributed by atoms with Crippen molar-refractivity contribution in [2.24, 2.45) is 0 Å². The van der Waals surface area contributed by atoms with Gasteiger partial charge in [0.25, 0.3) is 0 Å². The Kier molecular flexibility index (Phi) is 2.37. The lowest BCUT2D eigenvalue weighted by molar-refractivity contribution is 0.867. The normalized spacial score (nSPS) is 10.3. The summed E-state index contributed by atoms with van der Waals surface area (Å²) < 4.78 is 1.82. The first-order chi connectivity index (χ1) is 7.20. The van der Waals surface area contributed by atoms with Crippen molar-refractivity contribution in [2.45, 2.75) is 13.8 Å². The highest BCUT2D eigenvalue weighted by Crippen LogP contribution is 2.11. The molecule has 0 aromatic carbocycles. The van der Waals surface area contributed by atoms with Gasteiger partial charge in [-0.05, 0) is 37.6 Å². The zero-order valence-corrected chi connectivity index (χ0v) is 8.94. The van der Waals surface area contributed by atoms with Gasteiger partial charge in [0.2, 0.25) is 0 Å². The van der Waals surface area contributed by atoms with E-state index >= 15 is 0 Å². The molecule has 15 heavy (non-hydrogen) atoms. The van der Waals surface area contributed by atoms with Crippen LogP contribution in [0.5, 0.6) is 0 Å². The zero-order chi connectivity index (χ0) is 10.8. The zero-order valence-electron chi connectivity index (χ0n) is 8.94. The van der Waals surface area contributed by atoms with Crippen LogP contribution < -0.4 is 0 Å². The maximum atomic E-state index is 4.39. The topological polar surface area (TPSA) is 30.7 Å². The Morgan fingerprint density at radius 1 is 1.33 bits per heavy atom. The lowest BCUT2D eigenvalue weighted by Gasteiger charge is -1.99. The van der Waals surface area contributed by atoms with E-state index in [4.69, 9.17) is 0 Å². The molecule has 0 aliphatic heterocycles. The quantitative estimate of drug-likeness (QED) is 0.744. The average molecular weight is 199 g/mol. The molecule has 0 spiro atoms. The minimum Gasteiger partial charge on any atom is -0.259 e. The third-order valence-corrected chi connectivity index (χ3v) is 2.29. The smallest absolute Gasteiger partial charge is 0.0878 e. The van der Waals surface area contributed by atoms with Crippen LogP contribution in [0.1, 0.15) is 17.0 Å². The Morgan fingerprint density at radius 3 is 2.67 bits per heavy atom. The van der Waals surface area contributed by atoms with Gasteiger partial charge in [-0.2, -0.15) is 5.10 Å². The van der Waals surface area contributed by atoms with Gasteiger partial charge in [-0.3, -0.25) is 4.98 Å². The summed E-state index contributed by atoms with van der Waals surface area (Å²) in [4.78, 5) is 4.23. The lowest BCUT2D eigenvalue weighted by Crippen LogP contribution is -1.95. The fourth-order valence-electron chi connectivity index (χ4n) is 1.40. The van der Waals surface area contributed by atoms with Crippen LogP contribution >= 0.6 is 0 Å². The Bertz CT molecular complexity index is 480. The van der Waals surface area contributed by atoms with Crippen LogP contribution in [0.25, 0.3) is 11.8 Å². The highest BCUT2D eigenvalue weighted by molar-refractivity contribution is 5.46. The summed E-state index contributed by atoms with van der Waals surface area (Å²) in [6.45, 7) is 7.70. The van der Waals surface area contributed by atoms with E-state index in [1.54, 1.807) is 6.08 Å². The average Bonchev–Trinajstić information content (AvgIpc) is 2.61. The molecule has 0 saturated heterocycles. The molecule has 0 N–H and O–H groups in total. The van der Waals surface area contributed by atoms with E-state index in [9.17, 15) is 0 Å². The van der Waals surface area contributed by atoms with Gasteiger partial charge in [0.1, 0.15) is 0 Å². The molecular formula is C12H13N3. The fraction of sp³-hybridized carbons (Fsp3) is 0.167. The molecule has 0 atom stereocenters. The van der Waals surface area contributed by atoms with Crippen LogP contribution in [0.3, 0.4) is 0 Å². The van der Waals surface area contributed by atoms with Gasteiger partial charge >= 0.3 is 0 Å². The first kappa shape index (κ1) is 9.65. The summed E-state index contributed by atoms with van der Waals surface area (Å²) in [5, 5.41) is 4.39. The highest BCUT2D eigenvalue weighted by atomic mass is 15.3. The molecule has 0 aliphatic rings. The molecule has 0 unspecified atom stereocenters. The largest absolute Gasteiger partial charge is 0.259 e. The number of pyridine rings is 1. The maximum absolute atomic E-state index is 4.39. The van der Waals surface area contributed by atoms with Crippen molar-refractivity contribution in [3.05, 3.63) is 48.1 Å². The molecule has 76 valence electrons. The van der Waals surface area contributed by atoms with Gasteiger partial charge in [0.15, 0.2) is 0 Å². The van der Waals surface area contributed by atoms with Crippen molar-refractivity contribution in [2.75, 3.05) is 0 Å². The van der Waals surface area contributed by atoms with Gasteiger partial charge in [0.05, 0.1) is 17.6 Å². The van der Waals surface area contributed by atoms with Gasteiger partial charge in [0, 0.05) is 11.9 Å². The molecule has 2 aromatic rings. The molecule has 0 aliphatic carbocycles. The summed E-state index contributed by atoms with van der Waals surface area (Å²) in [7, 11) is 0. The van der Waals surface area contributed by atoms with E-state index in [2.05, 4.69) is 16.7 Å². The number of aromatic nitrogens is 3.